The van der Waals surface area contributed by atoms with Crippen molar-refractivity contribution in [3.63, 3.8) is 0 Å². The zero-order valence-corrected chi connectivity index (χ0v) is 12.8. The summed E-state index contributed by atoms with van der Waals surface area (Å²) in [6.45, 7) is 2.17. The quantitative estimate of drug-likeness (QED) is 0.892. The summed E-state index contributed by atoms with van der Waals surface area (Å²) in [7, 11) is 0. The summed E-state index contributed by atoms with van der Waals surface area (Å²) in [5.74, 6) is 1.02. The Balaban J connectivity index is 1.87. The first-order valence-electron chi connectivity index (χ1n) is 6.23. The fourth-order valence-corrected chi connectivity index (χ4v) is 3.65. The lowest BCUT2D eigenvalue weighted by molar-refractivity contribution is 0.325. The Labute approximate surface area is 116 Å². The van der Waals surface area contributed by atoms with E-state index in [1.165, 1.54) is 25.7 Å². The van der Waals surface area contributed by atoms with Crippen LogP contribution < -0.4 is 5.32 Å². The van der Waals surface area contributed by atoms with Crippen LogP contribution in [0.5, 0.6) is 0 Å². The fraction of sp³-hybridized carbons (Fsp3) is 0.692. The highest BCUT2D eigenvalue weighted by atomic mass is 79.9. The van der Waals surface area contributed by atoms with Crippen LogP contribution in [0.4, 0.5) is 0 Å². The summed E-state index contributed by atoms with van der Waals surface area (Å²) in [5, 5.41) is 4.52. The number of hydrogen-bond donors (Lipinski definition) is 1. The molecule has 0 bridgehead atoms. The molecule has 2 nitrogen and oxygen atoms in total. The molecular weight excluding hydrogens is 298 g/mol. The van der Waals surface area contributed by atoms with Crippen molar-refractivity contribution in [1.82, 2.24) is 5.32 Å². The van der Waals surface area contributed by atoms with E-state index in [9.17, 15) is 0 Å². The van der Waals surface area contributed by atoms with E-state index >= 15 is 0 Å². The molecule has 1 aromatic heterocycles. The highest BCUT2D eigenvalue weighted by molar-refractivity contribution is 9.10. The maximum atomic E-state index is 5.59. The predicted molar refractivity (Wildman–Crippen MR) is 77.5 cm³/mol. The minimum absolute atomic E-state index is 0.298. The number of hydrogen-bond acceptors (Lipinski definition) is 3. The number of furan rings is 1. The lowest BCUT2D eigenvalue weighted by Crippen LogP contribution is -2.36. The smallest absolute Gasteiger partial charge is 0.169 e. The van der Waals surface area contributed by atoms with Crippen LogP contribution in [0.25, 0.3) is 0 Å². The minimum Gasteiger partial charge on any atom is -0.453 e. The fourth-order valence-electron chi connectivity index (χ4n) is 2.51. The van der Waals surface area contributed by atoms with E-state index < -0.39 is 0 Å². The molecule has 0 aromatic carbocycles. The molecule has 1 fully saturated rings. The molecule has 1 aromatic rings. The number of nitrogens with one attached hydrogen (secondary N) is 1. The van der Waals surface area contributed by atoms with E-state index in [-0.39, 0.29) is 0 Å². The second-order valence-electron chi connectivity index (χ2n) is 4.75. The third-order valence-corrected chi connectivity index (χ3v) is 4.99. The zero-order valence-electron chi connectivity index (χ0n) is 10.4. The Morgan fingerprint density at radius 1 is 1.47 bits per heavy atom. The lowest BCUT2D eigenvalue weighted by Gasteiger charge is -2.30. The van der Waals surface area contributed by atoms with Crippen LogP contribution in [0, 0.1) is 0 Å². The molecule has 1 saturated carbocycles. The van der Waals surface area contributed by atoms with Crippen LogP contribution in [0.1, 0.15) is 44.4 Å². The molecule has 4 heteroatoms. The monoisotopic (exact) mass is 317 g/mol. The third-order valence-electron chi connectivity index (χ3n) is 3.47. The third kappa shape index (κ3) is 3.76. The first-order chi connectivity index (χ1) is 8.19. The van der Waals surface area contributed by atoms with Gasteiger partial charge in [-0.2, -0.15) is 11.8 Å². The van der Waals surface area contributed by atoms with E-state index in [1.807, 2.05) is 23.9 Å². The molecule has 96 valence electrons. The van der Waals surface area contributed by atoms with E-state index in [4.69, 9.17) is 4.42 Å². The molecule has 1 aliphatic rings. The molecular formula is C13H20BrNOS. The van der Waals surface area contributed by atoms with Crippen LogP contribution in [0.3, 0.4) is 0 Å². The van der Waals surface area contributed by atoms with Gasteiger partial charge in [0.1, 0.15) is 5.76 Å². The summed E-state index contributed by atoms with van der Waals surface area (Å²) >= 11 is 5.35. The van der Waals surface area contributed by atoms with Gasteiger partial charge in [-0.25, -0.2) is 0 Å². The van der Waals surface area contributed by atoms with Gasteiger partial charge in [0.15, 0.2) is 4.67 Å². The standard InChI is InChI=1S/C13H20BrNOS/c1-9(12-6-7-13(14)16-12)15-10-4-3-5-11(8-10)17-2/h6-7,9-11,15H,3-5,8H2,1-2H3. The number of rotatable bonds is 4. The zero-order chi connectivity index (χ0) is 12.3. The van der Waals surface area contributed by atoms with Gasteiger partial charge in [-0.3, -0.25) is 0 Å². The average Bonchev–Trinajstić information content (AvgIpc) is 2.76. The van der Waals surface area contributed by atoms with E-state index in [0.29, 0.717) is 12.1 Å². The summed E-state index contributed by atoms with van der Waals surface area (Å²) in [5.41, 5.74) is 0. The van der Waals surface area contributed by atoms with Gasteiger partial charge in [-0.05, 0) is 60.5 Å². The van der Waals surface area contributed by atoms with Gasteiger partial charge in [0.2, 0.25) is 0 Å². The van der Waals surface area contributed by atoms with Crippen molar-refractivity contribution in [2.75, 3.05) is 6.26 Å². The first-order valence-corrected chi connectivity index (χ1v) is 8.31. The molecule has 0 saturated heterocycles. The van der Waals surface area contributed by atoms with E-state index in [2.05, 4.69) is 34.4 Å². The summed E-state index contributed by atoms with van der Waals surface area (Å²) < 4.78 is 6.40. The molecule has 1 N–H and O–H groups in total. The van der Waals surface area contributed by atoms with E-state index in [0.717, 1.165) is 15.7 Å². The largest absolute Gasteiger partial charge is 0.453 e. The Hall–Kier alpha value is 0.0700. The molecule has 0 amide bonds. The predicted octanol–water partition coefficient (Wildman–Crippen LogP) is 4.37. The van der Waals surface area contributed by atoms with Crippen molar-refractivity contribution in [3.8, 4) is 0 Å². The van der Waals surface area contributed by atoms with Gasteiger partial charge in [0.05, 0.1) is 6.04 Å². The first kappa shape index (κ1) is 13.5. The Morgan fingerprint density at radius 3 is 2.94 bits per heavy atom. The van der Waals surface area contributed by atoms with Crippen LogP contribution in [0.15, 0.2) is 21.2 Å². The van der Waals surface area contributed by atoms with Gasteiger partial charge in [-0.15, -0.1) is 0 Å². The van der Waals surface area contributed by atoms with Gasteiger partial charge < -0.3 is 9.73 Å². The minimum atomic E-state index is 0.298. The molecule has 3 atom stereocenters. The lowest BCUT2D eigenvalue weighted by atomic mass is 9.94. The van der Waals surface area contributed by atoms with Crippen molar-refractivity contribution in [2.24, 2.45) is 0 Å². The highest BCUT2D eigenvalue weighted by Gasteiger charge is 2.23. The Bertz CT molecular complexity index is 355. The SMILES string of the molecule is CSC1CCCC(NC(C)c2ccc(Br)o2)C1. The summed E-state index contributed by atoms with van der Waals surface area (Å²) in [6.07, 6.45) is 7.52. The number of thioether (sulfide) groups is 1. The molecule has 17 heavy (non-hydrogen) atoms. The highest BCUT2D eigenvalue weighted by Crippen LogP contribution is 2.29. The van der Waals surface area contributed by atoms with Crippen LogP contribution in [-0.4, -0.2) is 17.5 Å². The van der Waals surface area contributed by atoms with E-state index in [1.54, 1.807) is 0 Å². The maximum absolute atomic E-state index is 5.59. The van der Waals surface area contributed by atoms with Crippen molar-refractivity contribution >= 4 is 27.7 Å². The normalized spacial score (nSPS) is 27.0. The molecule has 0 aliphatic heterocycles. The van der Waals surface area contributed by atoms with Crippen molar-refractivity contribution in [2.45, 2.75) is 49.9 Å². The second kappa shape index (κ2) is 6.30. The molecule has 2 rings (SSSR count). The Kier molecular flexibility index (Phi) is 5.00. The maximum Gasteiger partial charge on any atom is 0.169 e. The topological polar surface area (TPSA) is 25.2 Å². The average molecular weight is 318 g/mol. The molecule has 1 heterocycles. The Morgan fingerprint density at radius 2 is 2.29 bits per heavy atom. The van der Waals surface area contributed by atoms with Gasteiger partial charge in [0.25, 0.3) is 0 Å². The van der Waals surface area contributed by atoms with Crippen molar-refractivity contribution in [1.29, 1.82) is 0 Å². The molecule has 0 radical (unpaired) electrons. The molecule has 0 spiro atoms. The van der Waals surface area contributed by atoms with Gasteiger partial charge in [-0.1, -0.05) is 6.42 Å². The van der Waals surface area contributed by atoms with Crippen LogP contribution in [0.2, 0.25) is 0 Å². The van der Waals surface area contributed by atoms with Crippen LogP contribution >= 0.6 is 27.7 Å². The summed E-state index contributed by atoms with van der Waals surface area (Å²) in [6, 6.07) is 4.93. The second-order valence-corrected chi connectivity index (χ2v) is 6.67. The number of halogens is 1. The van der Waals surface area contributed by atoms with Crippen molar-refractivity contribution in [3.05, 3.63) is 22.6 Å². The van der Waals surface area contributed by atoms with Crippen LogP contribution in [-0.2, 0) is 0 Å². The van der Waals surface area contributed by atoms with Gasteiger partial charge in [0, 0.05) is 11.3 Å². The van der Waals surface area contributed by atoms with Gasteiger partial charge >= 0.3 is 0 Å². The molecule has 1 aliphatic carbocycles. The van der Waals surface area contributed by atoms with Crippen molar-refractivity contribution < 1.29 is 4.42 Å². The molecule has 3 unspecified atom stereocenters. The summed E-state index contributed by atoms with van der Waals surface area (Å²) in [4.78, 5) is 0.